The van der Waals surface area contributed by atoms with Crippen molar-refractivity contribution in [1.82, 2.24) is 30.8 Å². The summed E-state index contributed by atoms with van der Waals surface area (Å²) in [7, 11) is 7.51. The molecule has 3 saturated heterocycles. The summed E-state index contributed by atoms with van der Waals surface area (Å²) in [6.45, 7) is 10.4. The van der Waals surface area contributed by atoms with Gasteiger partial charge in [-0.3, -0.25) is 34.0 Å². The van der Waals surface area contributed by atoms with Gasteiger partial charge in [0.25, 0.3) is 11.8 Å². The summed E-state index contributed by atoms with van der Waals surface area (Å²) < 4.78 is 20.5. The summed E-state index contributed by atoms with van der Waals surface area (Å²) in [6, 6.07) is 42.6. The quantitative estimate of drug-likeness (QED) is 0.0581. The first-order valence-corrected chi connectivity index (χ1v) is 27.0. The average Bonchev–Trinajstić information content (AvgIpc) is 4.14. The third-order valence-corrected chi connectivity index (χ3v) is 11.7. The normalized spacial score (nSPS) is 13.1. The molecule has 3 aliphatic heterocycles. The number of aromatic nitrogens is 2. The molecule has 20 heteroatoms. The van der Waals surface area contributed by atoms with E-state index >= 15 is 0 Å². The van der Waals surface area contributed by atoms with Gasteiger partial charge in [0.1, 0.15) is 41.4 Å². The standard InChI is InChI=1S/C27H27N3O2.C15H10O.C12H17N3O2.C4H6O4.C4H8O.C2H3BO2.Na/c1-28-27(31)26-19-25(13-16-29-26)32-24-14-17-30(18-15-24)20-23-11-9-22(10-12-23)8-7-21-5-3-2-4-6-21;16-12-15-10-8-14(9-11-15)7-6-13-4-2-1-3-5-13;1-13-12(16)11-8-10(4-7-15-11)17-9-2-5-14-6-3-9;1-3(5)7-8-4(2)6;1-2-4-5-3-1;1-2(4)5-3;/h2-6,9-13,16,19,24H,14-15,17-18,20H2,1H3,(H,28,31);1-5,8-12H;4,7-9,14H,2-3,5-6H2,1H3,(H,13,16);1-2H3;1-4H2;1H3;/q;;;;;-1;+1. The smallest absolute Gasteiger partial charge is 0.793 e. The van der Waals surface area contributed by atoms with Crippen molar-refractivity contribution in [2.75, 3.05) is 53.5 Å². The van der Waals surface area contributed by atoms with Crippen LogP contribution in [-0.2, 0) is 40.1 Å². The van der Waals surface area contributed by atoms with Crippen molar-refractivity contribution in [3.05, 3.63) is 191 Å². The molecule has 433 valence electrons. The number of pyridine rings is 2. The topological polar surface area (TPSA) is 223 Å². The molecule has 3 aliphatic rings. The van der Waals surface area contributed by atoms with Crippen molar-refractivity contribution in [2.24, 2.45) is 0 Å². The zero-order chi connectivity index (χ0) is 59.9. The van der Waals surface area contributed by atoms with Crippen LogP contribution in [0.5, 0.6) is 11.5 Å². The summed E-state index contributed by atoms with van der Waals surface area (Å²) >= 11 is 0. The van der Waals surface area contributed by atoms with E-state index in [1.54, 1.807) is 62.9 Å². The Morgan fingerprint density at radius 3 is 1.38 bits per heavy atom. The van der Waals surface area contributed by atoms with Gasteiger partial charge in [0, 0.05) is 120 Å². The maximum Gasteiger partial charge on any atom is 1.00 e. The van der Waals surface area contributed by atoms with Gasteiger partial charge in [-0.15, -0.1) is 0 Å². The van der Waals surface area contributed by atoms with Gasteiger partial charge < -0.3 is 42.9 Å². The molecule has 4 aromatic carbocycles. The second kappa shape index (κ2) is 41.8. The number of benzene rings is 4. The fraction of sp³-hybridized carbons (Fsp3) is 0.312. The molecule has 0 spiro atoms. The van der Waals surface area contributed by atoms with E-state index in [1.807, 2.05) is 72.8 Å². The number of carbonyl (C=O) groups is 6. The number of piperidine rings is 2. The summed E-state index contributed by atoms with van der Waals surface area (Å²) in [5.74, 6) is 11.8. The van der Waals surface area contributed by atoms with Gasteiger partial charge in [0.2, 0.25) is 5.97 Å². The minimum Gasteiger partial charge on any atom is -0.793 e. The number of amides is 2. The van der Waals surface area contributed by atoms with Gasteiger partial charge in [-0.25, -0.2) is 19.4 Å². The predicted octanol–water partition coefficient (Wildman–Crippen LogP) is 4.82. The van der Waals surface area contributed by atoms with Crippen LogP contribution in [0.4, 0.5) is 0 Å². The third-order valence-electron chi connectivity index (χ3n) is 11.7. The van der Waals surface area contributed by atoms with E-state index in [2.05, 4.69) is 101 Å². The third kappa shape index (κ3) is 30.2. The molecule has 9 rings (SSSR count). The van der Waals surface area contributed by atoms with Gasteiger partial charge in [0.05, 0.1) is 0 Å². The van der Waals surface area contributed by atoms with E-state index in [0.29, 0.717) is 28.5 Å². The molecule has 6 aromatic rings. The van der Waals surface area contributed by atoms with Gasteiger partial charge in [-0.1, -0.05) is 84.3 Å². The molecule has 3 N–H and O–H groups in total. The van der Waals surface area contributed by atoms with Crippen LogP contribution >= 0.6 is 0 Å². The van der Waals surface area contributed by atoms with Crippen LogP contribution < -0.4 is 55.0 Å². The van der Waals surface area contributed by atoms with Crippen LogP contribution in [0.2, 0.25) is 0 Å². The molecule has 84 heavy (non-hydrogen) atoms. The molecule has 0 bridgehead atoms. The fourth-order valence-electron chi connectivity index (χ4n) is 7.51. The van der Waals surface area contributed by atoms with Crippen LogP contribution in [0.1, 0.15) is 118 Å². The number of nitrogens with one attached hydrogen (secondary N) is 3. The predicted molar refractivity (Wildman–Crippen MR) is 315 cm³/mol. The molecule has 2 aromatic heterocycles. The van der Waals surface area contributed by atoms with E-state index in [1.165, 1.54) is 25.3 Å². The first-order chi connectivity index (χ1) is 40.3. The van der Waals surface area contributed by atoms with Gasteiger partial charge >= 0.3 is 41.5 Å². The van der Waals surface area contributed by atoms with Gasteiger partial charge in [-0.05, 0) is 118 Å². The number of ether oxygens (including phenoxy) is 3. The molecular weight excluding hydrogens is 1080 g/mol. The van der Waals surface area contributed by atoms with Gasteiger partial charge in [0.15, 0.2) is 0 Å². The van der Waals surface area contributed by atoms with Crippen molar-refractivity contribution in [1.29, 1.82) is 0 Å². The summed E-state index contributed by atoms with van der Waals surface area (Å²) in [6.07, 6.45) is 10.9. The van der Waals surface area contributed by atoms with Crippen molar-refractivity contribution in [2.45, 2.75) is 78.0 Å². The SMILES string of the molecule is C1CCOC1.CC(=O)OOC(C)=O.CNC(=O)c1cc(OC2CCN(Cc3ccc(C#Cc4ccccc4)cc3)CC2)ccn1.CNC(=O)c1cc(OC2CCNCC2)ccn1.O=Cc1ccc(C#Cc2ccccc2)cc1.[B-]OC(C)=O.[Na+]. The Kier molecular flexibility index (Phi) is 34.9. The zero-order valence-electron chi connectivity index (χ0n) is 48.6. The monoisotopic (exact) mass is 1150 g/mol. The molecule has 0 atom stereocenters. The molecule has 18 nitrogen and oxygen atoms in total. The number of hydrogen-bond donors (Lipinski definition) is 3. The van der Waals surface area contributed by atoms with Crippen LogP contribution in [0, 0.1) is 23.7 Å². The Morgan fingerprint density at radius 1 is 0.607 bits per heavy atom. The van der Waals surface area contributed by atoms with Crippen molar-refractivity contribution in [3.63, 3.8) is 0 Å². The van der Waals surface area contributed by atoms with Crippen molar-refractivity contribution >= 4 is 44.1 Å². The fourth-order valence-corrected chi connectivity index (χ4v) is 7.51. The molecule has 3 radical (unpaired) electrons. The molecule has 0 saturated carbocycles. The van der Waals surface area contributed by atoms with Crippen LogP contribution in [0.25, 0.3) is 0 Å². The number of aldehydes is 1. The minimum absolute atomic E-state index is 0. The van der Waals surface area contributed by atoms with Crippen LogP contribution in [0.15, 0.2) is 146 Å². The Bertz CT molecular complexity index is 3020. The van der Waals surface area contributed by atoms with E-state index in [4.69, 9.17) is 14.2 Å². The van der Waals surface area contributed by atoms with Gasteiger partial charge in [-0.2, -0.15) is 0 Å². The number of hydrogen-bond acceptors (Lipinski definition) is 16. The first-order valence-electron chi connectivity index (χ1n) is 27.0. The van der Waals surface area contributed by atoms with Crippen molar-refractivity contribution < 1.29 is 87.0 Å². The molecule has 0 unspecified atom stereocenters. The Balaban J connectivity index is 0.000000301. The number of rotatable bonds is 9. The average molecular weight is 1150 g/mol. The summed E-state index contributed by atoms with van der Waals surface area (Å²) in [4.78, 5) is 81.0. The molecule has 2 amide bonds. The van der Waals surface area contributed by atoms with E-state index in [-0.39, 0.29) is 53.6 Å². The Hall–Kier alpha value is -8.14. The summed E-state index contributed by atoms with van der Waals surface area (Å²) in [5.41, 5.74) is 6.68. The maximum absolute atomic E-state index is 11.8. The van der Waals surface area contributed by atoms with E-state index < -0.39 is 17.9 Å². The molecule has 3 fully saturated rings. The molecular formula is C64H71BN6NaO12. The number of likely N-dealkylation sites (tertiary alicyclic amines) is 1. The summed E-state index contributed by atoms with van der Waals surface area (Å²) in [5, 5.41) is 8.42. The zero-order valence-corrected chi connectivity index (χ0v) is 50.6. The molecule has 5 heterocycles. The van der Waals surface area contributed by atoms with Crippen molar-refractivity contribution in [3.8, 4) is 35.2 Å². The van der Waals surface area contributed by atoms with Crippen LogP contribution in [-0.4, -0.2) is 125 Å². The Morgan fingerprint density at radius 2 is 1.01 bits per heavy atom. The first kappa shape index (κ1) is 70.1. The minimum atomic E-state index is -0.639. The van der Waals surface area contributed by atoms with E-state index in [9.17, 15) is 28.8 Å². The second-order valence-electron chi connectivity index (χ2n) is 18.3. The molecule has 0 aliphatic carbocycles. The van der Waals surface area contributed by atoms with Crippen LogP contribution in [0.3, 0.4) is 0 Å². The second-order valence-corrected chi connectivity index (χ2v) is 18.3. The van der Waals surface area contributed by atoms with E-state index in [0.717, 1.165) is 114 Å². The Labute approximate surface area is 516 Å². The largest absolute Gasteiger partial charge is 1.00 e. The maximum atomic E-state index is 11.8. The number of carbonyl (C=O) groups excluding carboxylic acids is 6. The number of nitrogens with zero attached hydrogens (tertiary/aromatic N) is 3.